The monoisotopic (exact) mass is 284 g/mol. The lowest BCUT2D eigenvalue weighted by Gasteiger charge is -2.15. The quantitative estimate of drug-likeness (QED) is 0.673. The van der Waals surface area contributed by atoms with Crippen LogP contribution in [0.3, 0.4) is 0 Å². The number of nitrogens with one attached hydrogen (secondary N) is 1. The van der Waals surface area contributed by atoms with Gasteiger partial charge < -0.3 is 4.42 Å². The van der Waals surface area contributed by atoms with Gasteiger partial charge in [0.2, 0.25) is 0 Å². The highest BCUT2D eigenvalue weighted by atomic mass is 79.9. The van der Waals surface area contributed by atoms with Gasteiger partial charge in [0.25, 0.3) is 0 Å². The zero-order valence-corrected chi connectivity index (χ0v) is 9.87. The Hall–Kier alpha value is -1.17. The molecular formula is C11H10BrFN2O. The molecule has 0 saturated carbocycles. The maximum absolute atomic E-state index is 13.7. The standard InChI is InChI=1S/C11H10BrFN2O/c12-8-1-2-10(13)9(5-8)11(15-14)7-3-4-16-6-7/h1-6,11,15H,14H2. The number of nitrogens with two attached hydrogens (primary N) is 1. The van der Waals surface area contributed by atoms with Gasteiger partial charge in [-0.25, -0.2) is 9.82 Å². The van der Waals surface area contributed by atoms with Crippen molar-refractivity contribution in [2.45, 2.75) is 6.04 Å². The lowest BCUT2D eigenvalue weighted by Crippen LogP contribution is -2.29. The molecule has 0 aliphatic carbocycles. The van der Waals surface area contributed by atoms with E-state index in [4.69, 9.17) is 10.3 Å². The molecular weight excluding hydrogens is 275 g/mol. The number of rotatable bonds is 3. The van der Waals surface area contributed by atoms with Crippen molar-refractivity contribution in [2.75, 3.05) is 0 Å². The Labute approximate surface area is 101 Å². The van der Waals surface area contributed by atoms with Crippen LogP contribution in [0.2, 0.25) is 0 Å². The van der Waals surface area contributed by atoms with Gasteiger partial charge >= 0.3 is 0 Å². The number of halogens is 2. The second-order valence-electron chi connectivity index (χ2n) is 3.32. The van der Waals surface area contributed by atoms with E-state index in [9.17, 15) is 4.39 Å². The highest BCUT2D eigenvalue weighted by Crippen LogP contribution is 2.26. The molecule has 0 aliphatic heterocycles. The van der Waals surface area contributed by atoms with Gasteiger partial charge in [0.05, 0.1) is 18.6 Å². The third-order valence-electron chi connectivity index (χ3n) is 2.31. The van der Waals surface area contributed by atoms with Gasteiger partial charge in [0.1, 0.15) is 5.82 Å². The van der Waals surface area contributed by atoms with E-state index in [-0.39, 0.29) is 5.82 Å². The molecule has 2 aromatic rings. The van der Waals surface area contributed by atoms with E-state index in [1.807, 2.05) is 0 Å². The van der Waals surface area contributed by atoms with E-state index in [0.717, 1.165) is 10.0 Å². The second kappa shape index (κ2) is 4.78. The maximum Gasteiger partial charge on any atom is 0.128 e. The van der Waals surface area contributed by atoms with Crippen molar-refractivity contribution < 1.29 is 8.81 Å². The Morgan fingerprint density at radius 3 is 2.81 bits per heavy atom. The molecule has 16 heavy (non-hydrogen) atoms. The average Bonchev–Trinajstić information content (AvgIpc) is 2.78. The van der Waals surface area contributed by atoms with Crippen molar-refractivity contribution in [3.63, 3.8) is 0 Å². The third kappa shape index (κ3) is 2.16. The molecule has 0 saturated heterocycles. The first-order valence-electron chi connectivity index (χ1n) is 4.65. The van der Waals surface area contributed by atoms with Gasteiger partial charge in [-0.3, -0.25) is 5.84 Å². The Morgan fingerprint density at radius 1 is 1.38 bits per heavy atom. The maximum atomic E-state index is 13.7. The van der Waals surface area contributed by atoms with Crippen molar-refractivity contribution in [3.05, 3.63) is 58.2 Å². The van der Waals surface area contributed by atoms with Gasteiger partial charge in [-0.15, -0.1) is 0 Å². The van der Waals surface area contributed by atoms with Crippen LogP contribution in [0.15, 0.2) is 45.7 Å². The zero-order valence-electron chi connectivity index (χ0n) is 8.28. The van der Waals surface area contributed by atoms with Crippen molar-refractivity contribution >= 4 is 15.9 Å². The molecule has 1 aromatic carbocycles. The number of hydrogen-bond donors (Lipinski definition) is 2. The third-order valence-corrected chi connectivity index (χ3v) is 2.81. The van der Waals surface area contributed by atoms with Crippen molar-refractivity contribution in [1.29, 1.82) is 0 Å². The minimum absolute atomic E-state index is 0.313. The molecule has 0 fully saturated rings. The Kier molecular flexibility index (Phi) is 3.38. The first-order valence-corrected chi connectivity index (χ1v) is 5.45. The molecule has 3 N–H and O–H groups in total. The summed E-state index contributed by atoms with van der Waals surface area (Å²) in [6.45, 7) is 0. The molecule has 3 nitrogen and oxygen atoms in total. The summed E-state index contributed by atoms with van der Waals surface area (Å²) < 4.78 is 19.4. The number of hydrogen-bond acceptors (Lipinski definition) is 3. The van der Waals surface area contributed by atoms with Crippen molar-refractivity contribution in [1.82, 2.24) is 5.43 Å². The Morgan fingerprint density at radius 2 is 2.19 bits per heavy atom. The first-order chi connectivity index (χ1) is 7.72. The smallest absolute Gasteiger partial charge is 0.128 e. The minimum Gasteiger partial charge on any atom is -0.472 e. The molecule has 1 heterocycles. The van der Waals surface area contributed by atoms with Gasteiger partial charge in [-0.1, -0.05) is 15.9 Å². The SMILES string of the molecule is NNC(c1ccoc1)c1cc(Br)ccc1F. The van der Waals surface area contributed by atoms with Crippen molar-refractivity contribution in [3.8, 4) is 0 Å². The van der Waals surface area contributed by atoms with E-state index < -0.39 is 6.04 Å². The number of hydrazine groups is 1. The van der Waals surface area contributed by atoms with E-state index in [1.54, 1.807) is 18.2 Å². The average molecular weight is 285 g/mol. The van der Waals surface area contributed by atoms with Crippen molar-refractivity contribution in [2.24, 2.45) is 5.84 Å². The summed E-state index contributed by atoms with van der Waals surface area (Å²) in [4.78, 5) is 0. The molecule has 0 bridgehead atoms. The van der Waals surface area contributed by atoms with Crippen LogP contribution in [0.1, 0.15) is 17.2 Å². The lowest BCUT2D eigenvalue weighted by molar-refractivity contribution is 0.538. The first kappa shape index (κ1) is 11.3. The molecule has 0 radical (unpaired) electrons. The zero-order chi connectivity index (χ0) is 11.5. The van der Waals surface area contributed by atoms with Crippen LogP contribution >= 0.6 is 15.9 Å². The molecule has 0 spiro atoms. The normalized spacial score (nSPS) is 12.7. The predicted molar refractivity (Wildman–Crippen MR) is 62.0 cm³/mol. The number of benzene rings is 1. The van der Waals surface area contributed by atoms with Crippen LogP contribution in [0.5, 0.6) is 0 Å². The van der Waals surface area contributed by atoms with Crippen LogP contribution in [-0.2, 0) is 0 Å². The highest BCUT2D eigenvalue weighted by molar-refractivity contribution is 9.10. The predicted octanol–water partition coefficient (Wildman–Crippen LogP) is 2.73. The van der Waals surface area contributed by atoms with E-state index >= 15 is 0 Å². The fraction of sp³-hybridized carbons (Fsp3) is 0.0909. The van der Waals surface area contributed by atoms with Crippen LogP contribution < -0.4 is 11.3 Å². The molecule has 1 unspecified atom stereocenters. The van der Waals surface area contributed by atoms with Crippen LogP contribution in [0.25, 0.3) is 0 Å². The fourth-order valence-corrected chi connectivity index (χ4v) is 1.92. The summed E-state index contributed by atoms with van der Waals surface area (Å²) >= 11 is 3.30. The minimum atomic E-state index is -0.420. The Bertz CT molecular complexity index is 473. The molecule has 0 amide bonds. The molecule has 5 heteroatoms. The summed E-state index contributed by atoms with van der Waals surface area (Å²) in [7, 11) is 0. The van der Waals surface area contributed by atoms with Crippen LogP contribution in [0.4, 0.5) is 4.39 Å². The lowest BCUT2D eigenvalue weighted by atomic mass is 10.0. The van der Waals surface area contributed by atoms with E-state index in [1.165, 1.54) is 18.6 Å². The van der Waals surface area contributed by atoms with Gasteiger partial charge in [-0.05, 0) is 24.3 Å². The second-order valence-corrected chi connectivity index (χ2v) is 4.24. The topological polar surface area (TPSA) is 51.2 Å². The molecule has 2 rings (SSSR count). The van der Waals surface area contributed by atoms with E-state index in [0.29, 0.717) is 5.56 Å². The van der Waals surface area contributed by atoms with Crippen LogP contribution in [-0.4, -0.2) is 0 Å². The van der Waals surface area contributed by atoms with Gasteiger partial charge in [0.15, 0.2) is 0 Å². The van der Waals surface area contributed by atoms with Gasteiger partial charge in [0, 0.05) is 15.6 Å². The molecule has 1 atom stereocenters. The summed E-state index contributed by atoms with van der Waals surface area (Å²) in [5.41, 5.74) is 3.82. The summed E-state index contributed by atoms with van der Waals surface area (Å²) in [5, 5.41) is 0. The summed E-state index contributed by atoms with van der Waals surface area (Å²) in [5.74, 6) is 5.13. The Balaban J connectivity index is 2.44. The largest absolute Gasteiger partial charge is 0.472 e. The fourth-order valence-electron chi connectivity index (χ4n) is 1.54. The molecule has 84 valence electrons. The highest BCUT2D eigenvalue weighted by Gasteiger charge is 2.17. The van der Waals surface area contributed by atoms with E-state index in [2.05, 4.69) is 21.4 Å². The molecule has 0 aliphatic rings. The number of furan rings is 1. The summed E-state index contributed by atoms with van der Waals surface area (Å²) in [6, 6.07) is 6.04. The van der Waals surface area contributed by atoms with Gasteiger partial charge in [-0.2, -0.15) is 0 Å². The molecule has 1 aromatic heterocycles. The summed E-state index contributed by atoms with van der Waals surface area (Å²) in [6.07, 6.45) is 3.06. The van der Waals surface area contributed by atoms with Crippen LogP contribution in [0, 0.1) is 5.82 Å².